The van der Waals surface area contributed by atoms with Gasteiger partial charge in [-0.3, -0.25) is 4.79 Å². The predicted octanol–water partition coefficient (Wildman–Crippen LogP) is 2.41. The number of nitrogens with zero attached hydrogens (tertiary/aromatic N) is 1. The summed E-state index contributed by atoms with van der Waals surface area (Å²) in [5.41, 5.74) is -0.485. The van der Waals surface area contributed by atoms with Crippen LogP contribution in [0.2, 0.25) is 0 Å². The van der Waals surface area contributed by atoms with Gasteiger partial charge >= 0.3 is 6.09 Å². The van der Waals surface area contributed by atoms with Crippen LogP contribution in [0.4, 0.5) is 4.79 Å². The Kier molecular flexibility index (Phi) is 4.55. The molecule has 0 bridgehead atoms. The molecule has 6 nitrogen and oxygen atoms in total. The van der Waals surface area contributed by atoms with Gasteiger partial charge in [0.2, 0.25) is 0 Å². The average Bonchev–Trinajstić information content (AvgIpc) is 2.91. The second-order valence-electron chi connectivity index (χ2n) is 6.19. The quantitative estimate of drug-likeness (QED) is 0.909. The highest BCUT2D eigenvalue weighted by Gasteiger charge is 2.27. The molecule has 1 aromatic rings. The van der Waals surface area contributed by atoms with Gasteiger partial charge < -0.3 is 19.4 Å². The zero-order valence-electron chi connectivity index (χ0n) is 12.7. The number of nitrogens with one attached hydrogen (secondary N) is 1. The smallest absolute Gasteiger partial charge is 0.410 e. The van der Waals surface area contributed by atoms with Crippen molar-refractivity contribution in [2.75, 3.05) is 13.1 Å². The third kappa shape index (κ3) is 4.51. The molecule has 1 N–H and O–H groups in total. The molecular formula is C15H22N2O4. The predicted molar refractivity (Wildman–Crippen MR) is 77.0 cm³/mol. The number of amides is 2. The van der Waals surface area contributed by atoms with Crippen molar-refractivity contribution >= 4 is 12.0 Å². The van der Waals surface area contributed by atoms with Crippen LogP contribution in [0.3, 0.4) is 0 Å². The van der Waals surface area contributed by atoms with Gasteiger partial charge in [0.05, 0.1) is 6.26 Å². The maximum atomic E-state index is 11.9. The van der Waals surface area contributed by atoms with Crippen molar-refractivity contribution in [1.29, 1.82) is 0 Å². The minimum absolute atomic E-state index is 0.0567. The molecule has 0 atom stereocenters. The zero-order valence-corrected chi connectivity index (χ0v) is 12.7. The third-order valence-electron chi connectivity index (χ3n) is 3.23. The molecule has 2 heterocycles. The molecule has 116 valence electrons. The fraction of sp³-hybridized carbons (Fsp3) is 0.600. The van der Waals surface area contributed by atoms with E-state index in [0.717, 1.165) is 0 Å². The van der Waals surface area contributed by atoms with Crippen LogP contribution in [-0.4, -0.2) is 41.6 Å². The Morgan fingerprint density at radius 2 is 2.00 bits per heavy atom. The van der Waals surface area contributed by atoms with E-state index in [1.54, 1.807) is 17.0 Å². The monoisotopic (exact) mass is 294 g/mol. The molecule has 0 spiro atoms. The summed E-state index contributed by atoms with van der Waals surface area (Å²) in [4.78, 5) is 25.5. The Bertz CT molecular complexity index is 482. The maximum Gasteiger partial charge on any atom is 0.410 e. The van der Waals surface area contributed by atoms with Crippen molar-refractivity contribution in [2.45, 2.75) is 45.3 Å². The lowest BCUT2D eigenvalue weighted by molar-refractivity contribution is 0.0199. The van der Waals surface area contributed by atoms with Gasteiger partial charge in [-0.1, -0.05) is 0 Å². The molecule has 6 heteroatoms. The standard InChI is InChI=1S/C15H22N2O4/c1-15(2,3)21-14(19)17-8-6-11(7-9-17)16-13(18)12-5-4-10-20-12/h4-5,10-11H,6-9H2,1-3H3,(H,16,18). The van der Waals surface area contributed by atoms with Crippen molar-refractivity contribution in [2.24, 2.45) is 0 Å². The molecule has 2 amide bonds. The van der Waals surface area contributed by atoms with E-state index in [1.165, 1.54) is 6.26 Å². The maximum absolute atomic E-state index is 11.9. The minimum atomic E-state index is -0.485. The van der Waals surface area contributed by atoms with Gasteiger partial charge in [0.25, 0.3) is 5.91 Å². The Morgan fingerprint density at radius 1 is 1.33 bits per heavy atom. The summed E-state index contributed by atoms with van der Waals surface area (Å²) in [6.45, 7) is 6.71. The van der Waals surface area contributed by atoms with E-state index in [1.807, 2.05) is 20.8 Å². The van der Waals surface area contributed by atoms with Crippen LogP contribution < -0.4 is 5.32 Å². The summed E-state index contributed by atoms with van der Waals surface area (Å²) in [5, 5.41) is 2.92. The van der Waals surface area contributed by atoms with E-state index >= 15 is 0 Å². The molecule has 21 heavy (non-hydrogen) atoms. The number of furan rings is 1. The number of hydrogen-bond donors (Lipinski definition) is 1. The van der Waals surface area contributed by atoms with Crippen LogP contribution in [0.5, 0.6) is 0 Å². The van der Waals surface area contributed by atoms with Crippen LogP contribution in [-0.2, 0) is 4.74 Å². The summed E-state index contributed by atoms with van der Waals surface area (Å²) in [6, 6.07) is 3.37. The normalized spacial score (nSPS) is 16.6. The molecule has 0 aromatic carbocycles. The number of carbonyl (C=O) groups excluding carboxylic acids is 2. The second kappa shape index (κ2) is 6.20. The van der Waals surface area contributed by atoms with Crippen LogP contribution in [0, 0.1) is 0 Å². The highest BCUT2D eigenvalue weighted by Crippen LogP contribution is 2.16. The van der Waals surface area contributed by atoms with Gasteiger partial charge in [0.15, 0.2) is 5.76 Å². The number of carbonyl (C=O) groups is 2. The minimum Gasteiger partial charge on any atom is -0.459 e. The Balaban J connectivity index is 1.78. The average molecular weight is 294 g/mol. The van der Waals surface area contributed by atoms with Crippen molar-refractivity contribution in [3.63, 3.8) is 0 Å². The molecule has 1 aliphatic rings. The van der Waals surface area contributed by atoms with E-state index in [4.69, 9.17) is 9.15 Å². The summed E-state index contributed by atoms with van der Waals surface area (Å²) in [5.74, 6) is 0.0975. The van der Waals surface area contributed by atoms with Crippen LogP contribution in [0.25, 0.3) is 0 Å². The highest BCUT2D eigenvalue weighted by atomic mass is 16.6. The van der Waals surface area contributed by atoms with Gasteiger partial charge in [0.1, 0.15) is 5.60 Å². The van der Waals surface area contributed by atoms with E-state index < -0.39 is 5.60 Å². The Hall–Kier alpha value is -1.98. The fourth-order valence-electron chi connectivity index (χ4n) is 2.20. The zero-order chi connectivity index (χ0) is 15.5. The first-order chi connectivity index (χ1) is 9.85. The number of rotatable bonds is 2. The summed E-state index contributed by atoms with van der Waals surface area (Å²) in [7, 11) is 0. The van der Waals surface area contributed by atoms with Crippen molar-refractivity contribution < 1.29 is 18.7 Å². The van der Waals surface area contributed by atoms with Crippen molar-refractivity contribution in [1.82, 2.24) is 10.2 Å². The lowest BCUT2D eigenvalue weighted by Crippen LogP contribution is -2.47. The van der Waals surface area contributed by atoms with E-state index in [9.17, 15) is 9.59 Å². The molecule has 1 saturated heterocycles. The third-order valence-corrected chi connectivity index (χ3v) is 3.23. The van der Waals surface area contributed by atoms with Gasteiger partial charge in [0, 0.05) is 19.1 Å². The first kappa shape index (κ1) is 15.4. The van der Waals surface area contributed by atoms with Crippen molar-refractivity contribution in [3.05, 3.63) is 24.2 Å². The molecule has 1 aliphatic heterocycles. The Labute approximate surface area is 124 Å². The van der Waals surface area contributed by atoms with Gasteiger partial charge in [-0.05, 0) is 45.7 Å². The largest absolute Gasteiger partial charge is 0.459 e. The van der Waals surface area contributed by atoms with Gasteiger partial charge in [-0.25, -0.2) is 4.79 Å². The lowest BCUT2D eigenvalue weighted by Gasteiger charge is -2.33. The molecule has 0 radical (unpaired) electrons. The molecule has 1 fully saturated rings. The van der Waals surface area contributed by atoms with Crippen LogP contribution in [0.1, 0.15) is 44.2 Å². The molecular weight excluding hydrogens is 272 g/mol. The molecule has 0 aliphatic carbocycles. The first-order valence-corrected chi connectivity index (χ1v) is 7.17. The summed E-state index contributed by atoms with van der Waals surface area (Å²) >= 11 is 0. The van der Waals surface area contributed by atoms with E-state index in [2.05, 4.69) is 5.32 Å². The van der Waals surface area contributed by atoms with Crippen molar-refractivity contribution in [3.8, 4) is 0 Å². The SMILES string of the molecule is CC(C)(C)OC(=O)N1CCC(NC(=O)c2ccco2)CC1. The molecule has 0 unspecified atom stereocenters. The number of piperidine rings is 1. The first-order valence-electron chi connectivity index (χ1n) is 7.17. The Morgan fingerprint density at radius 3 is 2.52 bits per heavy atom. The number of ether oxygens (including phenoxy) is 1. The molecule has 0 saturated carbocycles. The lowest BCUT2D eigenvalue weighted by atomic mass is 10.1. The van der Waals surface area contributed by atoms with E-state index in [0.29, 0.717) is 31.7 Å². The fourth-order valence-corrected chi connectivity index (χ4v) is 2.20. The molecule has 2 rings (SSSR count). The van der Waals surface area contributed by atoms with E-state index in [-0.39, 0.29) is 18.0 Å². The van der Waals surface area contributed by atoms with Crippen LogP contribution >= 0.6 is 0 Å². The highest BCUT2D eigenvalue weighted by molar-refractivity contribution is 5.91. The molecule has 1 aromatic heterocycles. The number of likely N-dealkylation sites (tertiary alicyclic amines) is 1. The topological polar surface area (TPSA) is 71.8 Å². The summed E-state index contributed by atoms with van der Waals surface area (Å²) < 4.78 is 10.4. The van der Waals surface area contributed by atoms with Crippen LogP contribution in [0.15, 0.2) is 22.8 Å². The van der Waals surface area contributed by atoms with Gasteiger partial charge in [-0.2, -0.15) is 0 Å². The number of hydrogen-bond acceptors (Lipinski definition) is 4. The van der Waals surface area contributed by atoms with Gasteiger partial charge in [-0.15, -0.1) is 0 Å². The summed E-state index contributed by atoms with van der Waals surface area (Å²) in [6.07, 6.45) is 2.61. The second-order valence-corrected chi connectivity index (χ2v) is 6.19.